The van der Waals surface area contributed by atoms with Crippen LogP contribution in [0.4, 0.5) is 0 Å². The number of nitrogens with zero attached hydrogens (tertiary/aromatic N) is 1. The van der Waals surface area contributed by atoms with Gasteiger partial charge >= 0.3 is 0 Å². The molecule has 1 saturated carbocycles. The molecular weight excluding hydrogens is 378 g/mol. The zero-order chi connectivity index (χ0) is 19.8. The minimum absolute atomic E-state index is 0.00695. The summed E-state index contributed by atoms with van der Waals surface area (Å²) in [5.74, 6) is 1.05. The standard InChI is InChI=1S/C21H26ClN3O3/c22-16-8-6-15(7-9-16)18-14-24-21(28-18)11-10-19(26)23-13-12-20(27)25-17-4-2-1-3-5-17/h6-9,14,17H,1-5,10-13H2,(H,23,26)(H,25,27). The minimum Gasteiger partial charge on any atom is -0.441 e. The molecule has 1 aromatic heterocycles. The number of aryl methyl sites for hydroxylation is 1. The Hall–Kier alpha value is -2.34. The second-order valence-corrected chi connectivity index (χ2v) is 7.56. The van der Waals surface area contributed by atoms with Crippen molar-refractivity contribution in [3.8, 4) is 11.3 Å². The Bertz CT molecular complexity index is 782. The Balaban J connectivity index is 1.34. The largest absolute Gasteiger partial charge is 0.441 e. The first-order valence-corrected chi connectivity index (χ1v) is 10.2. The van der Waals surface area contributed by atoms with Gasteiger partial charge in [0, 0.05) is 42.4 Å². The predicted molar refractivity (Wildman–Crippen MR) is 108 cm³/mol. The average Bonchev–Trinajstić information content (AvgIpc) is 3.17. The molecule has 6 nitrogen and oxygen atoms in total. The number of oxazole rings is 1. The smallest absolute Gasteiger partial charge is 0.221 e. The van der Waals surface area contributed by atoms with E-state index in [9.17, 15) is 9.59 Å². The summed E-state index contributed by atoms with van der Waals surface area (Å²) in [4.78, 5) is 28.1. The number of aromatic nitrogens is 1. The van der Waals surface area contributed by atoms with Gasteiger partial charge in [0.05, 0.1) is 6.20 Å². The van der Waals surface area contributed by atoms with Crippen LogP contribution in [0.15, 0.2) is 34.9 Å². The molecule has 1 aromatic carbocycles. The highest BCUT2D eigenvalue weighted by molar-refractivity contribution is 6.30. The number of rotatable bonds is 8. The molecule has 28 heavy (non-hydrogen) atoms. The van der Waals surface area contributed by atoms with Crippen LogP contribution < -0.4 is 10.6 Å². The molecule has 2 amide bonds. The molecule has 0 saturated heterocycles. The lowest BCUT2D eigenvalue weighted by molar-refractivity contribution is -0.122. The third-order valence-electron chi connectivity index (χ3n) is 4.89. The fourth-order valence-electron chi connectivity index (χ4n) is 3.34. The third kappa shape index (κ3) is 6.37. The molecule has 1 aliphatic carbocycles. The van der Waals surface area contributed by atoms with E-state index in [1.54, 1.807) is 18.3 Å². The van der Waals surface area contributed by atoms with Crippen molar-refractivity contribution in [1.29, 1.82) is 0 Å². The normalized spacial score (nSPS) is 14.6. The molecule has 7 heteroatoms. The Morgan fingerprint density at radius 2 is 1.82 bits per heavy atom. The highest BCUT2D eigenvalue weighted by Gasteiger charge is 2.15. The highest BCUT2D eigenvalue weighted by Crippen LogP contribution is 2.22. The number of nitrogens with one attached hydrogen (secondary N) is 2. The summed E-state index contributed by atoms with van der Waals surface area (Å²) >= 11 is 5.88. The summed E-state index contributed by atoms with van der Waals surface area (Å²) in [6.07, 6.45) is 8.38. The van der Waals surface area contributed by atoms with Gasteiger partial charge in [-0.05, 0) is 37.1 Å². The summed E-state index contributed by atoms with van der Waals surface area (Å²) in [5.41, 5.74) is 0.886. The Morgan fingerprint density at radius 1 is 1.07 bits per heavy atom. The molecule has 0 aliphatic heterocycles. The number of benzene rings is 1. The monoisotopic (exact) mass is 403 g/mol. The Kier molecular flexibility index (Phi) is 7.48. The Labute approximate surface area is 170 Å². The fraction of sp³-hybridized carbons (Fsp3) is 0.476. The minimum atomic E-state index is -0.114. The van der Waals surface area contributed by atoms with Crippen molar-refractivity contribution < 1.29 is 14.0 Å². The van der Waals surface area contributed by atoms with E-state index < -0.39 is 0 Å². The molecule has 1 aliphatic rings. The molecule has 0 atom stereocenters. The second kappa shape index (κ2) is 10.3. The summed E-state index contributed by atoms with van der Waals surface area (Å²) in [7, 11) is 0. The van der Waals surface area contributed by atoms with Crippen molar-refractivity contribution in [2.45, 2.75) is 57.4 Å². The van der Waals surface area contributed by atoms with Gasteiger partial charge in [-0.1, -0.05) is 30.9 Å². The lowest BCUT2D eigenvalue weighted by Crippen LogP contribution is -2.38. The molecule has 1 heterocycles. The van der Waals surface area contributed by atoms with Crippen molar-refractivity contribution >= 4 is 23.4 Å². The number of halogens is 1. The lowest BCUT2D eigenvalue weighted by atomic mass is 9.95. The van der Waals surface area contributed by atoms with E-state index in [2.05, 4.69) is 15.6 Å². The van der Waals surface area contributed by atoms with E-state index in [0.717, 1.165) is 18.4 Å². The van der Waals surface area contributed by atoms with Crippen LogP contribution >= 0.6 is 11.6 Å². The maximum atomic E-state index is 12.0. The Morgan fingerprint density at radius 3 is 2.57 bits per heavy atom. The predicted octanol–water partition coefficient (Wildman–Crippen LogP) is 3.88. The van der Waals surface area contributed by atoms with Crippen LogP contribution in [0, 0.1) is 0 Å². The van der Waals surface area contributed by atoms with Crippen molar-refractivity contribution in [3.05, 3.63) is 41.4 Å². The number of amides is 2. The maximum Gasteiger partial charge on any atom is 0.221 e. The second-order valence-electron chi connectivity index (χ2n) is 7.13. The van der Waals surface area contributed by atoms with Gasteiger partial charge in [0.2, 0.25) is 11.8 Å². The van der Waals surface area contributed by atoms with Crippen LogP contribution in [0.5, 0.6) is 0 Å². The number of carbonyl (C=O) groups excluding carboxylic acids is 2. The van der Waals surface area contributed by atoms with Gasteiger partial charge in [0.1, 0.15) is 0 Å². The van der Waals surface area contributed by atoms with Gasteiger partial charge in [0.25, 0.3) is 0 Å². The summed E-state index contributed by atoms with van der Waals surface area (Å²) in [6, 6.07) is 7.60. The molecule has 150 valence electrons. The third-order valence-corrected chi connectivity index (χ3v) is 5.14. The lowest BCUT2D eigenvalue weighted by Gasteiger charge is -2.22. The van der Waals surface area contributed by atoms with E-state index in [4.69, 9.17) is 16.0 Å². The van der Waals surface area contributed by atoms with E-state index in [1.807, 2.05) is 12.1 Å². The van der Waals surface area contributed by atoms with Gasteiger partial charge in [0.15, 0.2) is 11.7 Å². The number of carbonyl (C=O) groups is 2. The van der Waals surface area contributed by atoms with Crippen molar-refractivity contribution in [2.24, 2.45) is 0 Å². The van der Waals surface area contributed by atoms with Gasteiger partial charge < -0.3 is 15.1 Å². The van der Waals surface area contributed by atoms with Crippen LogP contribution in [0.25, 0.3) is 11.3 Å². The molecule has 0 spiro atoms. The quantitative estimate of drug-likeness (QED) is 0.700. The zero-order valence-corrected chi connectivity index (χ0v) is 16.6. The van der Waals surface area contributed by atoms with Gasteiger partial charge in [-0.2, -0.15) is 0 Å². The maximum absolute atomic E-state index is 12.0. The van der Waals surface area contributed by atoms with E-state index in [0.29, 0.717) is 42.1 Å². The van der Waals surface area contributed by atoms with E-state index >= 15 is 0 Å². The van der Waals surface area contributed by atoms with E-state index in [1.165, 1.54) is 19.3 Å². The van der Waals surface area contributed by atoms with Crippen LogP contribution in [0.1, 0.15) is 50.8 Å². The van der Waals surface area contributed by atoms with E-state index in [-0.39, 0.29) is 18.2 Å². The summed E-state index contributed by atoms with van der Waals surface area (Å²) < 4.78 is 5.69. The van der Waals surface area contributed by atoms with Crippen molar-refractivity contribution in [2.75, 3.05) is 6.54 Å². The van der Waals surface area contributed by atoms with Crippen molar-refractivity contribution in [1.82, 2.24) is 15.6 Å². The first-order valence-electron chi connectivity index (χ1n) is 9.87. The van der Waals surface area contributed by atoms with Gasteiger partial charge in [-0.15, -0.1) is 0 Å². The molecule has 3 rings (SSSR count). The topological polar surface area (TPSA) is 84.2 Å². The van der Waals surface area contributed by atoms with Gasteiger partial charge in [-0.25, -0.2) is 4.98 Å². The summed E-state index contributed by atoms with van der Waals surface area (Å²) in [5, 5.41) is 6.49. The SMILES string of the molecule is O=C(CCc1ncc(-c2ccc(Cl)cc2)o1)NCCC(=O)NC1CCCCC1. The fourth-order valence-corrected chi connectivity index (χ4v) is 3.47. The molecule has 2 aromatic rings. The number of hydrogen-bond donors (Lipinski definition) is 2. The van der Waals surface area contributed by atoms with Crippen LogP contribution in [-0.4, -0.2) is 29.4 Å². The first kappa shape index (κ1) is 20.4. The highest BCUT2D eigenvalue weighted by atomic mass is 35.5. The molecule has 0 radical (unpaired) electrons. The molecule has 2 N–H and O–H groups in total. The van der Waals surface area contributed by atoms with Crippen LogP contribution in [-0.2, 0) is 16.0 Å². The summed E-state index contributed by atoms with van der Waals surface area (Å²) in [6.45, 7) is 0.346. The van der Waals surface area contributed by atoms with Crippen molar-refractivity contribution in [3.63, 3.8) is 0 Å². The number of hydrogen-bond acceptors (Lipinski definition) is 4. The molecule has 1 fully saturated rings. The molecule has 0 bridgehead atoms. The zero-order valence-electron chi connectivity index (χ0n) is 15.9. The first-order chi connectivity index (χ1) is 13.6. The molecular formula is C21H26ClN3O3. The van der Waals surface area contributed by atoms with Crippen LogP contribution in [0.2, 0.25) is 5.02 Å². The molecule has 0 unspecified atom stereocenters. The van der Waals surface area contributed by atoms with Gasteiger partial charge in [-0.3, -0.25) is 9.59 Å². The van der Waals surface area contributed by atoms with Crippen LogP contribution in [0.3, 0.4) is 0 Å². The average molecular weight is 404 g/mol.